The summed E-state index contributed by atoms with van der Waals surface area (Å²) in [7, 11) is 0. The number of aliphatic carboxylic acids is 1. The number of carbonyl (C=O) groups excluding carboxylic acids is 2. The lowest BCUT2D eigenvalue weighted by Gasteiger charge is -2.19. The molecule has 0 heterocycles. The summed E-state index contributed by atoms with van der Waals surface area (Å²) >= 11 is 0. The van der Waals surface area contributed by atoms with E-state index < -0.39 is 11.4 Å². The lowest BCUT2D eigenvalue weighted by atomic mass is 9.94. The van der Waals surface area contributed by atoms with E-state index in [4.69, 9.17) is 5.11 Å². The molecule has 1 aromatic carbocycles. The fraction of sp³-hybridized carbons (Fsp3) is 0.500. The van der Waals surface area contributed by atoms with Crippen molar-refractivity contribution in [3.05, 3.63) is 29.3 Å². The summed E-state index contributed by atoms with van der Waals surface area (Å²) in [4.78, 5) is 35.0. The van der Waals surface area contributed by atoms with Gasteiger partial charge in [0, 0.05) is 24.2 Å². The number of nitrogens with one attached hydrogen (secondary N) is 2. The predicted molar refractivity (Wildman–Crippen MR) is 93.0 cm³/mol. The molecule has 0 radical (unpaired) electrons. The number of hydrogen-bond acceptors (Lipinski definition) is 3. The Morgan fingerprint density at radius 3 is 2.33 bits per heavy atom. The average Bonchev–Trinajstić information content (AvgIpc) is 2.46. The SMILES string of the molecule is Cc1cc(C(=O)NCC(C)(C)C(=O)O)ccc1NC(=O)CC(C)C. The van der Waals surface area contributed by atoms with Crippen LogP contribution in [0.3, 0.4) is 0 Å². The summed E-state index contributed by atoms with van der Waals surface area (Å²) in [5.74, 6) is -1.10. The highest BCUT2D eigenvalue weighted by Gasteiger charge is 2.27. The van der Waals surface area contributed by atoms with E-state index in [0.717, 1.165) is 5.56 Å². The van der Waals surface area contributed by atoms with Crippen molar-refractivity contribution < 1.29 is 19.5 Å². The van der Waals surface area contributed by atoms with Gasteiger partial charge in [-0.2, -0.15) is 0 Å². The zero-order valence-corrected chi connectivity index (χ0v) is 14.9. The first-order valence-corrected chi connectivity index (χ1v) is 7.95. The van der Waals surface area contributed by atoms with E-state index in [1.807, 2.05) is 20.8 Å². The van der Waals surface area contributed by atoms with E-state index in [1.54, 1.807) is 32.0 Å². The van der Waals surface area contributed by atoms with Gasteiger partial charge < -0.3 is 15.7 Å². The highest BCUT2D eigenvalue weighted by Crippen LogP contribution is 2.18. The van der Waals surface area contributed by atoms with Crippen LogP contribution in [0, 0.1) is 18.3 Å². The molecule has 0 aliphatic carbocycles. The van der Waals surface area contributed by atoms with Crippen LogP contribution in [0.5, 0.6) is 0 Å². The molecule has 0 saturated heterocycles. The number of rotatable bonds is 7. The number of carbonyl (C=O) groups is 3. The lowest BCUT2D eigenvalue weighted by Crippen LogP contribution is -2.38. The van der Waals surface area contributed by atoms with Crippen molar-refractivity contribution in [1.29, 1.82) is 0 Å². The fourth-order valence-electron chi connectivity index (χ4n) is 2.00. The number of amides is 2. The van der Waals surface area contributed by atoms with Crippen LogP contribution in [0.4, 0.5) is 5.69 Å². The first-order chi connectivity index (χ1) is 11.0. The first kappa shape index (κ1) is 19.7. The zero-order valence-electron chi connectivity index (χ0n) is 14.9. The number of carboxylic acids is 1. The van der Waals surface area contributed by atoms with Crippen LogP contribution >= 0.6 is 0 Å². The van der Waals surface area contributed by atoms with Crippen LogP contribution < -0.4 is 10.6 Å². The molecule has 6 nitrogen and oxygen atoms in total. The molecule has 24 heavy (non-hydrogen) atoms. The molecule has 1 rings (SSSR count). The molecule has 0 spiro atoms. The van der Waals surface area contributed by atoms with Crippen LogP contribution in [0.1, 0.15) is 50.0 Å². The minimum absolute atomic E-state index is 0.0348. The number of benzene rings is 1. The van der Waals surface area contributed by atoms with Gasteiger partial charge in [0.2, 0.25) is 5.91 Å². The number of hydrogen-bond donors (Lipinski definition) is 3. The summed E-state index contributed by atoms with van der Waals surface area (Å²) in [5.41, 5.74) is 0.839. The molecule has 0 aliphatic rings. The van der Waals surface area contributed by atoms with Crippen molar-refractivity contribution in [1.82, 2.24) is 5.32 Å². The van der Waals surface area contributed by atoms with E-state index in [2.05, 4.69) is 10.6 Å². The summed E-state index contributed by atoms with van der Waals surface area (Å²) in [6.07, 6.45) is 0.436. The lowest BCUT2D eigenvalue weighted by molar-refractivity contribution is -0.146. The van der Waals surface area contributed by atoms with Gasteiger partial charge in [-0.3, -0.25) is 14.4 Å². The van der Waals surface area contributed by atoms with Gasteiger partial charge in [-0.05, 0) is 50.5 Å². The Morgan fingerprint density at radius 1 is 1.21 bits per heavy atom. The quantitative estimate of drug-likeness (QED) is 0.714. The molecular formula is C18H26N2O4. The molecule has 2 amide bonds. The topological polar surface area (TPSA) is 95.5 Å². The maximum atomic E-state index is 12.2. The maximum Gasteiger partial charge on any atom is 0.310 e. The summed E-state index contributed by atoms with van der Waals surface area (Å²) < 4.78 is 0. The molecule has 0 atom stereocenters. The highest BCUT2D eigenvalue weighted by molar-refractivity contribution is 5.96. The molecule has 0 saturated carbocycles. The maximum absolute atomic E-state index is 12.2. The molecule has 1 aromatic rings. The molecule has 0 aromatic heterocycles. The molecule has 6 heteroatoms. The Labute approximate surface area is 142 Å². The highest BCUT2D eigenvalue weighted by atomic mass is 16.4. The van der Waals surface area contributed by atoms with Crippen molar-refractivity contribution in [2.45, 2.75) is 41.0 Å². The van der Waals surface area contributed by atoms with Gasteiger partial charge in [-0.25, -0.2) is 0 Å². The largest absolute Gasteiger partial charge is 0.481 e. The van der Waals surface area contributed by atoms with Gasteiger partial charge >= 0.3 is 5.97 Å². The second-order valence-corrected chi connectivity index (χ2v) is 7.05. The second kappa shape index (κ2) is 7.95. The molecule has 0 aliphatic heterocycles. The minimum Gasteiger partial charge on any atom is -0.481 e. The van der Waals surface area contributed by atoms with Crippen molar-refractivity contribution in [3.63, 3.8) is 0 Å². The van der Waals surface area contributed by atoms with E-state index in [-0.39, 0.29) is 24.3 Å². The van der Waals surface area contributed by atoms with Crippen LogP contribution in [0.15, 0.2) is 18.2 Å². The average molecular weight is 334 g/mol. The first-order valence-electron chi connectivity index (χ1n) is 7.95. The smallest absolute Gasteiger partial charge is 0.310 e. The van der Waals surface area contributed by atoms with Crippen LogP contribution in [0.25, 0.3) is 0 Å². The Kier molecular flexibility index (Phi) is 6.51. The zero-order chi connectivity index (χ0) is 18.5. The monoisotopic (exact) mass is 334 g/mol. The normalized spacial score (nSPS) is 11.2. The van der Waals surface area contributed by atoms with Crippen LogP contribution in [-0.2, 0) is 9.59 Å². The summed E-state index contributed by atoms with van der Waals surface area (Å²) in [5, 5.41) is 14.5. The Balaban J connectivity index is 2.75. The molecule has 0 bridgehead atoms. The molecule has 3 N–H and O–H groups in total. The molecular weight excluding hydrogens is 308 g/mol. The molecule has 0 fully saturated rings. The van der Waals surface area contributed by atoms with Gasteiger partial charge in [0.1, 0.15) is 0 Å². The van der Waals surface area contributed by atoms with Gasteiger partial charge in [0.25, 0.3) is 5.91 Å². The number of carboxylic acid groups (broad SMARTS) is 1. The van der Waals surface area contributed by atoms with Gasteiger partial charge in [0.05, 0.1) is 5.41 Å². The van der Waals surface area contributed by atoms with E-state index in [9.17, 15) is 14.4 Å². The predicted octanol–water partition coefficient (Wildman–Crippen LogP) is 2.82. The number of aryl methyl sites for hydroxylation is 1. The van der Waals surface area contributed by atoms with Gasteiger partial charge in [-0.15, -0.1) is 0 Å². The van der Waals surface area contributed by atoms with Crippen LogP contribution in [-0.4, -0.2) is 29.4 Å². The minimum atomic E-state index is -1.03. The van der Waals surface area contributed by atoms with Crippen molar-refractivity contribution in [2.75, 3.05) is 11.9 Å². The Morgan fingerprint density at radius 2 is 1.83 bits per heavy atom. The summed E-state index contributed by atoms with van der Waals surface area (Å²) in [6, 6.07) is 4.97. The standard InChI is InChI=1S/C18H26N2O4/c1-11(2)8-15(21)20-14-7-6-13(9-12(14)3)16(22)19-10-18(4,5)17(23)24/h6-7,9,11H,8,10H2,1-5H3,(H,19,22)(H,20,21)(H,23,24). The van der Waals surface area contributed by atoms with E-state index >= 15 is 0 Å². The second-order valence-electron chi connectivity index (χ2n) is 7.05. The molecule has 132 valence electrons. The fourth-order valence-corrected chi connectivity index (χ4v) is 2.00. The summed E-state index contributed by atoms with van der Waals surface area (Å²) in [6.45, 7) is 8.88. The third kappa shape index (κ3) is 5.68. The van der Waals surface area contributed by atoms with Gasteiger partial charge in [0.15, 0.2) is 0 Å². The van der Waals surface area contributed by atoms with Crippen molar-refractivity contribution in [3.8, 4) is 0 Å². The van der Waals surface area contributed by atoms with E-state index in [1.165, 1.54) is 0 Å². The molecule has 0 unspecified atom stereocenters. The third-order valence-electron chi connectivity index (χ3n) is 3.63. The van der Waals surface area contributed by atoms with E-state index in [0.29, 0.717) is 17.7 Å². The Hall–Kier alpha value is -2.37. The van der Waals surface area contributed by atoms with Crippen LogP contribution in [0.2, 0.25) is 0 Å². The van der Waals surface area contributed by atoms with Crippen molar-refractivity contribution >= 4 is 23.5 Å². The van der Waals surface area contributed by atoms with Gasteiger partial charge in [-0.1, -0.05) is 13.8 Å². The third-order valence-corrected chi connectivity index (χ3v) is 3.63. The van der Waals surface area contributed by atoms with Crippen molar-refractivity contribution in [2.24, 2.45) is 11.3 Å². The number of anilines is 1. The Bertz CT molecular complexity index is 636.